The molecule has 0 spiro atoms. The van der Waals surface area contributed by atoms with E-state index in [1.54, 1.807) is 0 Å². The molecule has 2 heterocycles. The highest BCUT2D eigenvalue weighted by molar-refractivity contribution is 6.09. The van der Waals surface area contributed by atoms with Gasteiger partial charge in [0.25, 0.3) is 0 Å². The van der Waals surface area contributed by atoms with E-state index in [0.29, 0.717) is 17.2 Å². The van der Waals surface area contributed by atoms with Crippen molar-refractivity contribution in [2.45, 2.75) is 0 Å². The number of aromatic nitrogens is 4. The summed E-state index contributed by atoms with van der Waals surface area (Å²) in [6.07, 6.45) is 0. The summed E-state index contributed by atoms with van der Waals surface area (Å²) in [5, 5.41) is 19.4. The number of nitriles is 1. The first-order valence-corrected chi connectivity index (χ1v) is 12.4. The first kappa shape index (κ1) is 21.8. The maximum atomic E-state index is 9.36. The van der Waals surface area contributed by atoms with Crippen molar-refractivity contribution in [3.05, 3.63) is 127 Å². The van der Waals surface area contributed by atoms with Crippen LogP contribution in [-0.2, 0) is 0 Å². The van der Waals surface area contributed by atoms with Crippen molar-refractivity contribution in [3.8, 4) is 45.7 Å². The average molecular weight is 488 g/mol. The lowest BCUT2D eigenvalue weighted by molar-refractivity contribution is 1.10. The molecule has 0 bridgehead atoms. The Morgan fingerprint density at radius 1 is 0.632 bits per heavy atom. The lowest BCUT2D eigenvalue weighted by Gasteiger charge is -2.15. The van der Waals surface area contributed by atoms with Crippen LogP contribution in [0, 0.1) is 11.3 Å². The van der Waals surface area contributed by atoms with Gasteiger partial charge in [0.15, 0.2) is 11.6 Å². The molecule has 0 saturated heterocycles. The normalized spacial score (nSPS) is 11.1. The number of H-pyrrole nitrogens is 1. The summed E-state index contributed by atoms with van der Waals surface area (Å²) < 4.78 is 2.32. The van der Waals surface area contributed by atoms with Crippen LogP contribution in [-0.4, -0.2) is 19.7 Å². The van der Waals surface area contributed by atoms with Gasteiger partial charge in [-0.25, -0.2) is 4.98 Å². The number of hydrogen-bond donors (Lipinski definition) is 1. The summed E-state index contributed by atoms with van der Waals surface area (Å²) in [7, 11) is 0. The van der Waals surface area contributed by atoms with Crippen LogP contribution in [0.15, 0.2) is 121 Å². The molecular formula is C33H21N5. The number of nitrogens with one attached hydrogen (secondary N) is 1. The molecule has 5 aromatic carbocycles. The lowest BCUT2D eigenvalue weighted by Crippen LogP contribution is -1.98. The van der Waals surface area contributed by atoms with E-state index in [1.165, 1.54) is 10.8 Å². The molecule has 5 heteroatoms. The molecule has 0 aliphatic carbocycles. The van der Waals surface area contributed by atoms with Crippen LogP contribution in [0.1, 0.15) is 5.56 Å². The number of rotatable bonds is 4. The standard InChI is InChI=1S/C33H21N5/c34-21-22-14-16-23(17-15-22)28-20-25(33-35-32(36-37-33)24-8-2-1-3-9-24)18-19-31(28)38-29-12-6-4-10-26(29)27-11-5-7-13-30(27)38/h1-20H,(H,35,36,37). The van der Waals surface area contributed by atoms with Crippen LogP contribution in [0.2, 0.25) is 0 Å². The molecule has 0 amide bonds. The molecule has 0 aliphatic heterocycles. The molecule has 1 N–H and O–H groups in total. The average Bonchev–Trinajstić information content (AvgIpc) is 3.61. The van der Waals surface area contributed by atoms with Crippen LogP contribution in [0.4, 0.5) is 0 Å². The molecule has 0 fully saturated rings. The molecule has 0 saturated carbocycles. The zero-order valence-corrected chi connectivity index (χ0v) is 20.3. The van der Waals surface area contributed by atoms with Gasteiger partial charge in [-0.3, -0.25) is 5.10 Å². The smallest absolute Gasteiger partial charge is 0.181 e. The van der Waals surface area contributed by atoms with Gasteiger partial charge in [-0.1, -0.05) is 78.9 Å². The van der Waals surface area contributed by atoms with Crippen LogP contribution < -0.4 is 0 Å². The highest BCUT2D eigenvalue weighted by Gasteiger charge is 2.17. The van der Waals surface area contributed by atoms with Crippen molar-refractivity contribution in [2.24, 2.45) is 0 Å². The van der Waals surface area contributed by atoms with E-state index in [4.69, 9.17) is 4.98 Å². The topological polar surface area (TPSA) is 70.3 Å². The molecule has 7 aromatic rings. The maximum absolute atomic E-state index is 9.36. The van der Waals surface area contributed by atoms with Gasteiger partial charge in [0.05, 0.1) is 28.4 Å². The fourth-order valence-electron chi connectivity index (χ4n) is 5.12. The van der Waals surface area contributed by atoms with Gasteiger partial charge in [0, 0.05) is 27.5 Å². The first-order valence-electron chi connectivity index (χ1n) is 12.4. The number of aromatic amines is 1. The minimum atomic E-state index is 0.631. The number of hydrogen-bond acceptors (Lipinski definition) is 3. The van der Waals surface area contributed by atoms with E-state index in [1.807, 2.05) is 54.6 Å². The van der Waals surface area contributed by atoms with Gasteiger partial charge in [-0.15, -0.1) is 0 Å². The summed E-state index contributed by atoms with van der Waals surface area (Å²) >= 11 is 0. The predicted octanol–water partition coefficient (Wildman–Crippen LogP) is 7.77. The zero-order chi connectivity index (χ0) is 25.5. The summed E-state index contributed by atoms with van der Waals surface area (Å²) in [4.78, 5) is 4.79. The number of fused-ring (bicyclic) bond motifs is 3. The Labute approximate surface area is 219 Å². The molecular weight excluding hydrogens is 466 g/mol. The van der Waals surface area contributed by atoms with Crippen molar-refractivity contribution in [2.75, 3.05) is 0 Å². The Morgan fingerprint density at radius 2 is 1.26 bits per heavy atom. The third kappa shape index (κ3) is 3.56. The van der Waals surface area contributed by atoms with Crippen LogP contribution >= 0.6 is 0 Å². The van der Waals surface area contributed by atoms with E-state index in [0.717, 1.165) is 39.0 Å². The third-order valence-electron chi connectivity index (χ3n) is 6.93. The van der Waals surface area contributed by atoms with Gasteiger partial charge in [0.2, 0.25) is 0 Å². The van der Waals surface area contributed by atoms with Crippen molar-refractivity contribution in [1.82, 2.24) is 19.7 Å². The minimum Gasteiger partial charge on any atom is -0.309 e. The summed E-state index contributed by atoms with van der Waals surface area (Å²) in [6, 6.07) is 43.3. The monoisotopic (exact) mass is 487 g/mol. The summed E-state index contributed by atoms with van der Waals surface area (Å²) in [6.45, 7) is 0. The van der Waals surface area contributed by atoms with Crippen LogP contribution in [0.25, 0.3) is 61.4 Å². The highest BCUT2D eigenvalue weighted by atomic mass is 15.2. The first-order chi connectivity index (χ1) is 18.8. The second-order valence-corrected chi connectivity index (χ2v) is 9.16. The summed E-state index contributed by atoms with van der Waals surface area (Å²) in [5.74, 6) is 1.36. The van der Waals surface area contributed by atoms with Gasteiger partial charge in [-0.2, -0.15) is 10.4 Å². The van der Waals surface area contributed by atoms with Gasteiger partial charge < -0.3 is 4.57 Å². The number of benzene rings is 5. The Balaban J connectivity index is 1.46. The predicted molar refractivity (Wildman–Crippen MR) is 152 cm³/mol. The Bertz CT molecular complexity index is 1920. The van der Waals surface area contributed by atoms with Crippen LogP contribution in [0.3, 0.4) is 0 Å². The molecule has 0 aliphatic rings. The van der Waals surface area contributed by atoms with Crippen molar-refractivity contribution in [1.29, 1.82) is 5.26 Å². The number of para-hydroxylation sites is 2. The Hall–Kier alpha value is -5.47. The second-order valence-electron chi connectivity index (χ2n) is 9.16. The van der Waals surface area contributed by atoms with Crippen molar-refractivity contribution >= 4 is 21.8 Å². The molecule has 0 atom stereocenters. The highest BCUT2D eigenvalue weighted by Crippen LogP contribution is 2.37. The number of nitrogens with zero attached hydrogens (tertiary/aromatic N) is 4. The lowest BCUT2D eigenvalue weighted by atomic mass is 9.99. The molecule has 38 heavy (non-hydrogen) atoms. The fourth-order valence-corrected chi connectivity index (χ4v) is 5.12. The molecule has 5 nitrogen and oxygen atoms in total. The van der Waals surface area contributed by atoms with E-state index in [-0.39, 0.29) is 0 Å². The molecule has 178 valence electrons. The second kappa shape index (κ2) is 8.88. The zero-order valence-electron chi connectivity index (χ0n) is 20.3. The van der Waals surface area contributed by atoms with Crippen molar-refractivity contribution < 1.29 is 0 Å². The SMILES string of the molecule is N#Cc1ccc(-c2cc(-c3nc(-c4ccccc4)n[nH]3)ccc2-n2c3ccccc3c3ccccc32)cc1. The quantitative estimate of drug-likeness (QED) is 0.276. The molecule has 0 radical (unpaired) electrons. The van der Waals surface area contributed by atoms with Gasteiger partial charge >= 0.3 is 0 Å². The van der Waals surface area contributed by atoms with E-state index in [9.17, 15) is 5.26 Å². The Morgan fingerprint density at radius 3 is 1.95 bits per heavy atom. The van der Waals surface area contributed by atoms with E-state index < -0.39 is 0 Å². The van der Waals surface area contributed by atoms with Gasteiger partial charge in [-0.05, 0) is 48.0 Å². The van der Waals surface area contributed by atoms with Gasteiger partial charge in [0.1, 0.15) is 0 Å². The van der Waals surface area contributed by atoms with E-state index >= 15 is 0 Å². The maximum Gasteiger partial charge on any atom is 0.181 e. The molecule has 2 aromatic heterocycles. The van der Waals surface area contributed by atoms with E-state index in [2.05, 4.69) is 87.6 Å². The summed E-state index contributed by atoms with van der Waals surface area (Å²) in [5.41, 5.74) is 7.92. The van der Waals surface area contributed by atoms with Crippen molar-refractivity contribution in [3.63, 3.8) is 0 Å². The third-order valence-corrected chi connectivity index (χ3v) is 6.93. The Kier molecular flexibility index (Phi) is 5.09. The molecule has 7 rings (SSSR count). The fraction of sp³-hybridized carbons (Fsp3) is 0. The van der Waals surface area contributed by atoms with Crippen LogP contribution in [0.5, 0.6) is 0 Å². The molecule has 0 unspecified atom stereocenters. The largest absolute Gasteiger partial charge is 0.309 e. The minimum absolute atomic E-state index is 0.631.